The summed E-state index contributed by atoms with van der Waals surface area (Å²) in [6, 6.07) is 1.71. The van der Waals surface area contributed by atoms with Crippen LogP contribution >= 0.6 is 0 Å². The normalized spacial score (nSPS) is 32.1. The molecule has 3 saturated heterocycles. The Morgan fingerprint density at radius 3 is 2.67 bits per heavy atom. The van der Waals surface area contributed by atoms with E-state index < -0.39 is 23.5 Å². The number of carbonyl (C=O) groups excluding carboxylic acids is 3. The lowest BCUT2D eigenvalue weighted by Gasteiger charge is -2.36. The van der Waals surface area contributed by atoms with E-state index in [0.29, 0.717) is 50.9 Å². The van der Waals surface area contributed by atoms with Gasteiger partial charge in [-0.3, -0.25) is 14.5 Å². The summed E-state index contributed by atoms with van der Waals surface area (Å²) in [5, 5.41) is 3.96. The summed E-state index contributed by atoms with van der Waals surface area (Å²) in [5.74, 6) is -0.379. The molecular formula is C20H24N4O6. The smallest absolute Gasteiger partial charge is 0.409 e. The van der Waals surface area contributed by atoms with Crippen molar-refractivity contribution in [2.75, 3.05) is 44.2 Å². The minimum Gasteiger partial charge on any atom is -0.450 e. The predicted molar refractivity (Wildman–Crippen MR) is 102 cm³/mol. The monoisotopic (exact) mass is 416 g/mol. The molecule has 2 bridgehead atoms. The van der Waals surface area contributed by atoms with E-state index in [0.717, 1.165) is 0 Å². The minimum atomic E-state index is -0.804. The fraction of sp³-hybridized carbons (Fsp3) is 0.600. The molecule has 10 nitrogen and oxygen atoms in total. The molecule has 0 radical (unpaired) electrons. The zero-order chi connectivity index (χ0) is 21.0. The van der Waals surface area contributed by atoms with E-state index in [1.807, 2.05) is 12.2 Å². The first-order valence-corrected chi connectivity index (χ1v) is 10.3. The number of hydrogen-bond acceptors (Lipinski definition) is 7. The molecule has 1 spiro atoms. The number of carbonyl (C=O) groups is 3. The van der Waals surface area contributed by atoms with Crippen molar-refractivity contribution >= 4 is 23.7 Å². The Morgan fingerprint density at radius 2 is 2.00 bits per heavy atom. The van der Waals surface area contributed by atoms with Gasteiger partial charge in [0, 0.05) is 32.2 Å². The van der Waals surface area contributed by atoms with Crippen molar-refractivity contribution in [1.82, 2.24) is 15.0 Å². The highest BCUT2D eigenvalue weighted by Crippen LogP contribution is 2.53. The number of aromatic nitrogens is 1. The van der Waals surface area contributed by atoms with Gasteiger partial charge in [0.2, 0.25) is 11.8 Å². The molecule has 0 unspecified atom stereocenters. The number of amides is 3. The Kier molecular flexibility index (Phi) is 4.35. The van der Waals surface area contributed by atoms with E-state index in [9.17, 15) is 14.4 Å². The van der Waals surface area contributed by atoms with E-state index in [1.165, 1.54) is 0 Å². The van der Waals surface area contributed by atoms with Crippen molar-refractivity contribution in [3.05, 3.63) is 24.0 Å². The van der Waals surface area contributed by atoms with Crippen LogP contribution in [0.5, 0.6) is 0 Å². The molecule has 160 valence electrons. The number of fused-ring (bicyclic) bond motifs is 1. The third kappa shape index (κ3) is 2.73. The molecule has 3 fully saturated rings. The standard InChI is InChI=1S/C20H24N4O6/c1-3-28-19(27)23-8-6-22(7-9-23)17(25)15-13-4-5-20(29-13)11-24(18(26)16(15)20)14-10-12(2)30-21-14/h4-5,10,13,15-16H,3,6-9,11H2,1-2H3/t13-,15+,16-,20+/m1/s1. The topological polar surface area (TPSA) is 105 Å². The number of ether oxygens (including phenoxy) is 2. The maximum absolute atomic E-state index is 13.4. The van der Waals surface area contributed by atoms with Gasteiger partial charge in [-0.1, -0.05) is 17.3 Å². The second-order valence-corrected chi connectivity index (χ2v) is 8.13. The molecule has 0 N–H and O–H groups in total. The summed E-state index contributed by atoms with van der Waals surface area (Å²) in [6.07, 6.45) is 3.03. The fourth-order valence-electron chi connectivity index (χ4n) is 4.99. The molecule has 5 rings (SSSR count). The molecule has 0 aromatic carbocycles. The van der Waals surface area contributed by atoms with Crippen molar-refractivity contribution in [3.63, 3.8) is 0 Å². The largest absolute Gasteiger partial charge is 0.450 e. The summed E-state index contributed by atoms with van der Waals surface area (Å²) >= 11 is 0. The minimum absolute atomic E-state index is 0.105. The SMILES string of the molecule is CCOC(=O)N1CCN(C(=O)[C@H]2[C@H]3C=C[C@@]4(CN(c5cc(C)on5)C(=O)[C@@H]24)O3)CC1. The summed E-state index contributed by atoms with van der Waals surface area (Å²) in [7, 11) is 0. The molecule has 4 atom stereocenters. The summed E-state index contributed by atoms with van der Waals surface area (Å²) in [4.78, 5) is 43.5. The second kappa shape index (κ2) is 6.83. The van der Waals surface area contributed by atoms with Crippen LogP contribution in [0.25, 0.3) is 0 Å². The van der Waals surface area contributed by atoms with Gasteiger partial charge in [0.1, 0.15) is 11.4 Å². The Morgan fingerprint density at radius 1 is 1.27 bits per heavy atom. The van der Waals surface area contributed by atoms with Crippen LogP contribution in [0.2, 0.25) is 0 Å². The molecule has 1 aromatic heterocycles. The van der Waals surface area contributed by atoms with Gasteiger partial charge in [-0.2, -0.15) is 0 Å². The van der Waals surface area contributed by atoms with Crippen LogP contribution in [-0.2, 0) is 19.1 Å². The van der Waals surface area contributed by atoms with E-state index in [1.54, 1.807) is 34.6 Å². The average Bonchev–Trinajstić information content (AvgIpc) is 3.49. The van der Waals surface area contributed by atoms with E-state index in [4.69, 9.17) is 14.0 Å². The van der Waals surface area contributed by atoms with Gasteiger partial charge >= 0.3 is 6.09 Å². The first-order valence-electron chi connectivity index (χ1n) is 10.3. The molecule has 3 amide bonds. The molecule has 0 saturated carbocycles. The van der Waals surface area contributed by atoms with Crippen molar-refractivity contribution in [1.29, 1.82) is 0 Å². The molecule has 10 heteroatoms. The van der Waals surface area contributed by atoms with Crippen LogP contribution in [0.15, 0.2) is 22.7 Å². The van der Waals surface area contributed by atoms with Crippen LogP contribution in [-0.4, -0.2) is 83.9 Å². The zero-order valence-electron chi connectivity index (χ0n) is 16.9. The molecule has 1 aromatic rings. The highest BCUT2D eigenvalue weighted by molar-refractivity contribution is 6.02. The molecule has 30 heavy (non-hydrogen) atoms. The predicted octanol–water partition coefficient (Wildman–Crippen LogP) is 0.570. The summed E-state index contributed by atoms with van der Waals surface area (Å²) in [6.45, 7) is 5.79. The van der Waals surface area contributed by atoms with Gasteiger partial charge < -0.3 is 23.8 Å². The third-order valence-electron chi connectivity index (χ3n) is 6.39. The fourth-order valence-corrected chi connectivity index (χ4v) is 4.99. The first kappa shape index (κ1) is 19.1. The lowest BCUT2D eigenvalue weighted by molar-refractivity contribution is -0.141. The van der Waals surface area contributed by atoms with Crippen molar-refractivity contribution in [3.8, 4) is 0 Å². The molecule has 4 aliphatic heterocycles. The lowest BCUT2D eigenvalue weighted by atomic mass is 9.76. The van der Waals surface area contributed by atoms with Gasteiger partial charge in [-0.15, -0.1) is 0 Å². The maximum Gasteiger partial charge on any atom is 0.409 e. The van der Waals surface area contributed by atoms with E-state index in [-0.39, 0.29) is 17.9 Å². The van der Waals surface area contributed by atoms with Gasteiger partial charge in [-0.05, 0) is 13.8 Å². The summed E-state index contributed by atoms with van der Waals surface area (Å²) < 4.78 is 16.3. The Hall–Kier alpha value is -2.88. The zero-order valence-corrected chi connectivity index (χ0v) is 16.9. The van der Waals surface area contributed by atoms with Crippen LogP contribution in [0.3, 0.4) is 0 Å². The molecule has 4 aliphatic rings. The summed E-state index contributed by atoms with van der Waals surface area (Å²) in [5.41, 5.74) is -0.804. The first-order chi connectivity index (χ1) is 14.4. The second-order valence-electron chi connectivity index (χ2n) is 8.13. The van der Waals surface area contributed by atoms with Crippen molar-refractivity contribution in [2.45, 2.75) is 25.6 Å². The quantitative estimate of drug-likeness (QED) is 0.664. The van der Waals surface area contributed by atoms with Gasteiger partial charge in [0.15, 0.2) is 5.82 Å². The van der Waals surface area contributed by atoms with Crippen LogP contribution in [0.4, 0.5) is 10.6 Å². The van der Waals surface area contributed by atoms with Crippen LogP contribution in [0, 0.1) is 18.8 Å². The number of hydrogen-bond donors (Lipinski definition) is 0. The average molecular weight is 416 g/mol. The third-order valence-corrected chi connectivity index (χ3v) is 6.39. The number of aryl methyl sites for hydroxylation is 1. The van der Waals surface area contributed by atoms with E-state index >= 15 is 0 Å². The maximum atomic E-state index is 13.4. The van der Waals surface area contributed by atoms with Crippen molar-refractivity contribution < 1.29 is 28.4 Å². The Bertz CT molecular complexity index is 920. The lowest BCUT2D eigenvalue weighted by Crippen LogP contribution is -2.54. The van der Waals surface area contributed by atoms with E-state index in [2.05, 4.69) is 5.16 Å². The van der Waals surface area contributed by atoms with Crippen LogP contribution in [0.1, 0.15) is 12.7 Å². The Balaban J connectivity index is 1.32. The Labute approximate surface area is 173 Å². The molecule has 0 aliphatic carbocycles. The number of piperazine rings is 1. The molecular weight excluding hydrogens is 392 g/mol. The van der Waals surface area contributed by atoms with Gasteiger partial charge in [0.05, 0.1) is 31.1 Å². The number of nitrogens with zero attached hydrogens (tertiary/aromatic N) is 4. The van der Waals surface area contributed by atoms with Crippen molar-refractivity contribution in [2.24, 2.45) is 11.8 Å². The van der Waals surface area contributed by atoms with Gasteiger partial charge in [-0.25, -0.2) is 4.79 Å². The van der Waals surface area contributed by atoms with Gasteiger partial charge in [0.25, 0.3) is 0 Å². The number of anilines is 1. The van der Waals surface area contributed by atoms with Crippen LogP contribution < -0.4 is 4.90 Å². The number of rotatable bonds is 3. The molecule has 5 heterocycles. The highest BCUT2D eigenvalue weighted by Gasteiger charge is 2.67. The highest BCUT2D eigenvalue weighted by atomic mass is 16.6.